The van der Waals surface area contributed by atoms with E-state index in [9.17, 15) is 9.59 Å². The van der Waals surface area contributed by atoms with Gasteiger partial charge in [0.1, 0.15) is 6.67 Å². The van der Waals surface area contributed by atoms with Crippen molar-refractivity contribution < 1.29 is 40.9 Å². The summed E-state index contributed by atoms with van der Waals surface area (Å²) in [6.07, 6.45) is 25.4. The van der Waals surface area contributed by atoms with Crippen LogP contribution in [0.3, 0.4) is 0 Å². The van der Waals surface area contributed by atoms with Crippen molar-refractivity contribution in [1.82, 2.24) is 4.90 Å². The Hall–Kier alpha value is -1.18. The van der Waals surface area contributed by atoms with Gasteiger partial charge in [0.25, 0.3) is 0 Å². The minimum Gasteiger partial charge on any atom is -1.00 e. The number of carbonyl (C=O) groups excluding carboxylic acids is 2. The van der Waals surface area contributed by atoms with Crippen molar-refractivity contribution in [3.05, 3.63) is 25.3 Å². The zero-order chi connectivity index (χ0) is 26.8. The molecule has 1 N–H and O–H groups in total. The molecule has 0 aromatic carbocycles. The lowest BCUT2D eigenvalue weighted by Gasteiger charge is -2.15. The van der Waals surface area contributed by atoms with Gasteiger partial charge in [0.05, 0.1) is 32.8 Å². The molecular weight excluding hydrogens is 544 g/mol. The Kier molecular flexibility index (Phi) is 26.5. The number of nitrogens with zero attached hydrogens (tertiary/aromatic N) is 1. The molecule has 0 bridgehead atoms. The van der Waals surface area contributed by atoms with E-state index in [0.29, 0.717) is 13.2 Å². The van der Waals surface area contributed by atoms with Gasteiger partial charge in [0.15, 0.2) is 0 Å². The fraction of sp³-hybridized carbons (Fsp3) is 0.806. The van der Waals surface area contributed by atoms with Crippen molar-refractivity contribution >= 4 is 11.9 Å². The van der Waals surface area contributed by atoms with Crippen molar-refractivity contribution in [1.29, 1.82) is 0 Å². The van der Waals surface area contributed by atoms with Crippen LogP contribution in [0.25, 0.3) is 0 Å². The van der Waals surface area contributed by atoms with Crippen LogP contribution in [0.4, 0.5) is 0 Å². The van der Waals surface area contributed by atoms with E-state index in [0.717, 1.165) is 25.7 Å². The van der Waals surface area contributed by atoms with E-state index in [4.69, 9.17) is 9.47 Å². The molecule has 1 atom stereocenters. The summed E-state index contributed by atoms with van der Waals surface area (Å²) in [5.74, 6) is -0.617. The second-order valence-electron chi connectivity index (χ2n) is 10.6. The highest BCUT2D eigenvalue weighted by Gasteiger charge is 2.22. The first-order valence-electron chi connectivity index (χ1n) is 15.3. The third-order valence-corrected chi connectivity index (χ3v) is 7.34. The van der Waals surface area contributed by atoms with Gasteiger partial charge in [-0.25, -0.2) is 9.59 Å². The van der Waals surface area contributed by atoms with Crippen LogP contribution in [0.5, 0.6) is 0 Å². The molecule has 222 valence electrons. The molecule has 1 aliphatic rings. The van der Waals surface area contributed by atoms with Gasteiger partial charge in [-0.15, -0.1) is 0 Å². The molecule has 1 rings (SSSR count). The number of carbonyl (C=O) groups is 2. The monoisotopic (exact) mass is 600 g/mol. The van der Waals surface area contributed by atoms with Gasteiger partial charge < -0.3 is 31.4 Å². The number of halogens is 1. The van der Waals surface area contributed by atoms with Gasteiger partial charge in [-0.2, -0.15) is 0 Å². The van der Waals surface area contributed by atoms with Crippen LogP contribution in [-0.2, 0) is 19.1 Å². The Morgan fingerprint density at radius 3 is 1.47 bits per heavy atom. The number of hydrogen-bond donors (Lipinski definition) is 1. The smallest absolute Gasteiger partial charge is 0.330 e. The van der Waals surface area contributed by atoms with E-state index in [1.807, 2.05) is 0 Å². The van der Waals surface area contributed by atoms with E-state index < -0.39 is 0 Å². The lowest BCUT2D eigenvalue weighted by molar-refractivity contribution is -0.892. The van der Waals surface area contributed by atoms with Gasteiger partial charge in [-0.1, -0.05) is 96.6 Å². The molecule has 1 fully saturated rings. The van der Waals surface area contributed by atoms with Gasteiger partial charge in [-0.3, -0.25) is 4.90 Å². The second-order valence-corrected chi connectivity index (χ2v) is 10.6. The van der Waals surface area contributed by atoms with Crippen molar-refractivity contribution in [3.63, 3.8) is 0 Å². The van der Waals surface area contributed by atoms with Crippen LogP contribution < -0.4 is 21.9 Å². The first-order valence-corrected chi connectivity index (χ1v) is 15.3. The summed E-state index contributed by atoms with van der Waals surface area (Å²) < 4.78 is 10.00. The lowest BCUT2D eigenvalue weighted by Crippen LogP contribution is -3.10. The quantitative estimate of drug-likeness (QED) is 0.0939. The average molecular weight is 602 g/mol. The summed E-state index contributed by atoms with van der Waals surface area (Å²) in [6.45, 7) is 14.4. The summed E-state index contributed by atoms with van der Waals surface area (Å²) in [5.41, 5.74) is 0. The number of rotatable bonds is 26. The van der Waals surface area contributed by atoms with Crippen molar-refractivity contribution in [3.8, 4) is 0 Å². The largest absolute Gasteiger partial charge is 1.00 e. The van der Waals surface area contributed by atoms with Crippen LogP contribution in [0.1, 0.15) is 116 Å². The molecule has 1 saturated heterocycles. The lowest BCUT2D eigenvalue weighted by atomic mass is 10.1. The Morgan fingerprint density at radius 1 is 0.632 bits per heavy atom. The predicted molar refractivity (Wildman–Crippen MR) is 153 cm³/mol. The molecule has 0 amide bonds. The number of unbranched alkanes of at least 4 members (excludes halogenated alkanes) is 16. The van der Waals surface area contributed by atoms with E-state index in [2.05, 4.69) is 18.1 Å². The maximum Gasteiger partial charge on any atom is 0.330 e. The van der Waals surface area contributed by atoms with E-state index in [-0.39, 0.29) is 28.9 Å². The van der Waals surface area contributed by atoms with Gasteiger partial charge in [0.2, 0.25) is 0 Å². The van der Waals surface area contributed by atoms with Crippen molar-refractivity contribution in [2.75, 3.05) is 46.1 Å². The van der Waals surface area contributed by atoms with Crippen LogP contribution in [0.15, 0.2) is 25.3 Å². The van der Waals surface area contributed by atoms with Crippen LogP contribution >= 0.6 is 0 Å². The zero-order valence-corrected chi connectivity index (χ0v) is 25.8. The third-order valence-electron chi connectivity index (χ3n) is 7.34. The normalized spacial score (nSPS) is 15.1. The molecule has 7 heteroatoms. The molecular formula is C31H57BrN2O4. The Labute approximate surface area is 244 Å². The fourth-order valence-electron chi connectivity index (χ4n) is 5.04. The van der Waals surface area contributed by atoms with Crippen LogP contribution in [-0.4, -0.2) is 62.9 Å². The Morgan fingerprint density at radius 2 is 1.03 bits per heavy atom. The molecule has 1 unspecified atom stereocenters. The minimum absolute atomic E-state index is 0. The highest BCUT2D eigenvalue weighted by atomic mass is 79.9. The van der Waals surface area contributed by atoms with E-state index in [1.54, 1.807) is 4.90 Å². The van der Waals surface area contributed by atoms with Gasteiger partial charge in [0, 0.05) is 18.7 Å². The number of esters is 2. The molecule has 0 spiro atoms. The molecule has 0 aromatic rings. The number of hydrogen-bond acceptors (Lipinski definition) is 5. The molecule has 0 aliphatic carbocycles. The second kappa shape index (κ2) is 27.4. The van der Waals surface area contributed by atoms with Gasteiger partial charge >= 0.3 is 11.9 Å². The summed E-state index contributed by atoms with van der Waals surface area (Å²) >= 11 is 0. The predicted octanol–water partition coefficient (Wildman–Crippen LogP) is 2.63. The molecule has 0 radical (unpaired) electrons. The van der Waals surface area contributed by atoms with Crippen LogP contribution in [0, 0.1) is 0 Å². The zero-order valence-electron chi connectivity index (χ0n) is 24.2. The summed E-state index contributed by atoms with van der Waals surface area (Å²) in [7, 11) is 0. The fourth-order valence-corrected chi connectivity index (χ4v) is 5.04. The maximum absolute atomic E-state index is 11.0. The molecule has 0 aromatic heterocycles. The van der Waals surface area contributed by atoms with Crippen LogP contribution in [0.2, 0.25) is 0 Å². The standard InChI is InChI=1S/C31H56N2O4.BrH/c1-3-30(34)36-27-21-17-13-9-5-7-11-15-19-23-32-25-26-33(29-32)24-20-16-12-8-6-10-14-18-22-28-37-31(35)4-2;/h3-4H,1-2,5-29H2;1H. The number of quaternary nitrogens is 1. The molecule has 38 heavy (non-hydrogen) atoms. The minimum atomic E-state index is -0.309. The topological polar surface area (TPSA) is 60.3 Å². The molecule has 1 aliphatic heterocycles. The van der Waals surface area contributed by atoms with Gasteiger partial charge in [-0.05, 0) is 32.1 Å². The highest BCUT2D eigenvalue weighted by molar-refractivity contribution is 5.81. The Balaban J connectivity index is 0.0000137. The molecule has 6 nitrogen and oxygen atoms in total. The SMILES string of the molecule is C=CC(=O)OCCCCCCCCCCCN1CC[NH+](CCCCCCCCCCCOC(=O)C=C)C1.[Br-]. The third kappa shape index (κ3) is 22.8. The average Bonchev–Trinajstić information content (AvgIpc) is 3.36. The van der Waals surface area contributed by atoms with E-state index >= 15 is 0 Å². The number of nitrogens with one attached hydrogen (secondary N) is 1. The maximum atomic E-state index is 11.0. The van der Waals surface area contributed by atoms with Crippen molar-refractivity contribution in [2.24, 2.45) is 0 Å². The summed E-state index contributed by atoms with van der Waals surface area (Å²) in [5, 5.41) is 0. The number of ether oxygens (including phenoxy) is 2. The first kappa shape index (κ1) is 36.8. The highest BCUT2D eigenvalue weighted by Crippen LogP contribution is 2.11. The Bertz CT molecular complexity index is 552. The molecule has 0 saturated carbocycles. The van der Waals surface area contributed by atoms with E-state index in [1.165, 1.54) is 135 Å². The summed E-state index contributed by atoms with van der Waals surface area (Å²) in [6, 6.07) is 0. The van der Waals surface area contributed by atoms with Crippen molar-refractivity contribution in [2.45, 2.75) is 116 Å². The summed E-state index contributed by atoms with van der Waals surface area (Å²) in [4.78, 5) is 26.4. The molecule has 1 heterocycles. The first-order chi connectivity index (χ1) is 18.2.